The van der Waals surface area contributed by atoms with Crippen LogP contribution in [0.25, 0.3) is 0 Å². The van der Waals surface area contributed by atoms with Crippen LogP contribution in [0.1, 0.15) is 37.3 Å². The number of aliphatic imine (C=N–C) groups is 1. The van der Waals surface area contributed by atoms with E-state index in [9.17, 15) is 0 Å². The Labute approximate surface area is 134 Å². The van der Waals surface area contributed by atoms with Gasteiger partial charge in [-0.25, -0.2) is 0 Å². The quantitative estimate of drug-likeness (QED) is 0.573. The lowest BCUT2D eigenvalue weighted by Crippen LogP contribution is -2.38. The van der Waals surface area contributed by atoms with Gasteiger partial charge in [-0.2, -0.15) is 0 Å². The van der Waals surface area contributed by atoms with Gasteiger partial charge >= 0.3 is 0 Å². The van der Waals surface area contributed by atoms with Crippen LogP contribution in [-0.4, -0.2) is 32.7 Å². The summed E-state index contributed by atoms with van der Waals surface area (Å²) >= 11 is 0. The average Bonchev–Trinajstić information content (AvgIpc) is 3.33. The van der Waals surface area contributed by atoms with Gasteiger partial charge in [-0.3, -0.25) is 4.99 Å². The number of aryl methyl sites for hydroxylation is 1. The molecule has 0 bridgehead atoms. The fourth-order valence-electron chi connectivity index (χ4n) is 2.45. The Morgan fingerprint density at radius 3 is 2.82 bits per heavy atom. The molecule has 122 valence electrons. The number of hydrogen-bond acceptors (Lipinski definition) is 2. The van der Waals surface area contributed by atoms with Gasteiger partial charge < -0.3 is 15.4 Å². The molecule has 0 radical (unpaired) electrons. The van der Waals surface area contributed by atoms with Gasteiger partial charge in [0.2, 0.25) is 0 Å². The van der Waals surface area contributed by atoms with E-state index in [1.54, 1.807) is 7.11 Å². The molecule has 0 aromatic heterocycles. The Balaban J connectivity index is 1.78. The molecule has 0 amide bonds. The lowest BCUT2D eigenvalue weighted by atomic mass is 10.1. The third-order valence-electron chi connectivity index (χ3n) is 4.03. The van der Waals surface area contributed by atoms with Crippen molar-refractivity contribution in [1.29, 1.82) is 0 Å². The standard InChI is InChI=1S/C18H29N3O/c1-4-19-18(20-11-9-15-7-8-15)21-12-10-16-6-5-14(2)17(13-16)22-3/h5-6,13,15H,4,7-12H2,1-3H3,(H2,19,20,21). The number of nitrogens with one attached hydrogen (secondary N) is 2. The third-order valence-corrected chi connectivity index (χ3v) is 4.03. The van der Waals surface area contributed by atoms with Gasteiger partial charge in [-0.1, -0.05) is 25.0 Å². The molecule has 1 aliphatic rings. The minimum Gasteiger partial charge on any atom is -0.496 e. The second kappa shape index (κ2) is 8.66. The maximum absolute atomic E-state index is 5.38. The molecular weight excluding hydrogens is 274 g/mol. The zero-order valence-corrected chi connectivity index (χ0v) is 14.1. The van der Waals surface area contributed by atoms with E-state index in [-0.39, 0.29) is 0 Å². The summed E-state index contributed by atoms with van der Waals surface area (Å²) in [5.41, 5.74) is 2.46. The molecule has 4 nitrogen and oxygen atoms in total. The Morgan fingerprint density at radius 2 is 2.14 bits per heavy atom. The van der Waals surface area contributed by atoms with E-state index < -0.39 is 0 Å². The molecule has 22 heavy (non-hydrogen) atoms. The van der Waals surface area contributed by atoms with E-state index in [1.165, 1.54) is 30.4 Å². The number of ether oxygens (including phenoxy) is 1. The second-order valence-corrected chi connectivity index (χ2v) is 5.97. The fourth-order valence-corrected chi connectivity index (χ4v) is 2.45. The highest BCUT2D eigenvalue weighted by Gasteiger charge is 2.20. The summed E-state index contributed by atoms with van der Waals surface area (Å²) in [7, 11) is 1.72. The number of guanidine groups is 1. The average molecular weight is 303 g/mol. The highest BCUT2D eigenvalue weighted by molar-refractivity contribution is 5.79. The number of benzene rings is 1. The Hall–Kier alpha value is -1.71. The molecule has 1 aromatic carbocycles. The molecule has 1 aliphatic carbocycles. The highest BCUT2D eigenvalue weighted by Crippen LogP contribution is 2.32. The summed E-state index contributed by atoms with van der Waals surface area (Å²) in [6, 6.07) is 6.40. The van der Waals surface area contributed by atoms with Gasteiger partial charge in [-0.05, 0) is 49.8 Å². The van der Waals surface area contributed by atoms with Crippen molar-refractivity contribution in [2.24, 2.45) is 10.9 Å². The first kappa shape index (κ1) is 16.7. The van der Waals surface area contributed by atoms with E-state index in [2.05, 4.69) is 47.7 Å². The molecule has 2 rings (SSSR count). The zero-order chi connectivity index (χ0) is 15.8. The second-order valence-electron chi connectivity index (χ2n) is 5.97. The van der Waals surface area contributed by atoms with Crippen LogP contribution in [0.5, 0.6) is 5.75 Å². The first-order valence-corrected chi connectivity index (χ1v) is 8.38. The van der Waals surface area contributed by atoms with E-state index in [1.807, 2.05) is 0 Å². The minimum atomic E-state index is 0.876. The topological polar surface area (TPSA) is 45.7 Å². The molecule has 1 fully saturated rings. The summed E-state index contributed by atoms with van der Waals surface area (Å²) < 4.78 is 5.38. The van der Waals surface area contributed by atoms with E-state index in [0.717, 1.165) is 43.7 Å². The predicted octanol–water partition coefficient (Wildman–Crippen LogP) is 2.90. The molecule has 1 saturated carbocycles. The van der Waals surface area contributed by atoms with Crippen molar-refractivity contribution in [3.8, 4) is 5.75 Å². The monoisotopic (exact) mass is 303 g/mol. The van der Waals surface area contributed by atoms with Crippen molar-refractivity contribution >= 4 is 5.96 Å². The largest absolute Gasteiger partial charge is 0.496 e. The molecule has 0 aliphatic heterocycles. The summed E-state index contributed by atoms with van der Waals surface area (Å²) in [6.07, 6.45) is 4.99. The van der Waals surface area contributed by atoms with Crippen molar-refractivity contribution in [1.82, 2.24) is 10.6 Å². The third kappa shape index (κ3) is 5.58. The van der Waals surface area contributed by atoms with Crippen molar-refractivity contribution in [2.45, 2.75) is 39.5 Å². The van der Waals surface area contributed by atoms with Gasteiger partial charge in [0, 0.05) is 19.6 Å². The Bertz CT molecular complexity index is 495. The Kier molecular flexibility index (Phi) is 6.56. The zero-order valence-electron chi connectivity index (χ0n) is 14.1. The van der Waals surface area contributed by atoms with Crippen LogP contribution in [0.4, 0.5) is 0 Å². The van der Waals surface area contributed by atoms with Crippen molar-refractivity contribution in [3.05, 3.63) is 29.3 Å². The molecule has 2 N–H and O–H groups in total. The van der Waals surface area contributed by atoms with Gasteiger partial charge in [-0.15, -0.1) is 0 Å². The fraction of sp³-hybridized carbons (Fsp3) is 0.611. The van der Waals surface area contributed by atoms with Gasteiger partial charge in [0.1, 0.15) is 5.75 Å². The van der Waals surface area contributed by atoms with Gasteiger partial charge in [0.15, 0.2) is 5.96 Å². The molecule has 0 spiro atoms. The Morgan fingerprint density at radius 1 is 1.32 bits per heavy atom. The number of methoxy groups -OCH3 is 1. The SMILES string of the molecule is CCNC(=NCCC1CC1)NCCc1ccc(C)c(OC)c1. The normalized spacial score (nSPS) is 14.8. The summed E-state index contributed by atoms with van der Waals surface area (Å²) in [6.45, 7) is 6.87. The van der Waals surface area contributed by atoms with Crippen molar-refractivity contribution < 1.29 is 4.74 Å². The van der Waals surface area contributed by atoms with Crippen LogP contribution in [-0.2, 0) is 6.42 Å². The van der Waals surface area contributed by atoms with Crippen LogP contribution in [0.2, 0.25) is 0 Å². The van der Waals surface area contributed by atoms with Crippen LogP contribution in [0.15, 0.2) is 23.2 Å². The predicted molar refractivity (Wildman–Crippen MR) is 92.8 cm³/mol. The first-order valence-electron chi connectivity index (χ1n) is 8.38. The summed E-state index contributed by atoms with van der Waals surface area (Å²) in [5, 5.41) is 6.72. The molecule has 0 atom stereocenters. The smallest absolute Gasteiger partial charge is 0.191 e. The summed E-state index contributed by atoms with van der Waals surface area (Å²) in [4.78, 5) is 4.64. The molecule has 1 aromatic rings. The maximum atomic E-state index is 5.38. The highest BCUT2D eigenvalue weighted by atomic mass is 16.5. The molecule has 0 unspecified atom stereocenters. The minimum absolute atomic E-state index is 0.876. The summed E-state index contributed by atoms with van der Waals surface area (Å²) in [5.74, 6) is 2.83. The van der Waals surface area contributed by atoms with Crippen LogP contribution >= 0.6 is 0 Å². The van der Waals surface area contributed by atoms with Crippen LogP contribution in [0, 0.1) is 12.8 Å². The van der Waals surface area contributed by atoms with E-state index in [0.29, 0.717) is 0 Å². The molecule has 0 saturated heterocycles. The van der Waals surface area contributed by atoms with Crippen molar-refractivity contribution in [2.75, 3.05) is 26.7 Å². The lowest BCUT2D eigenvalue weighted by molar-refractivity contribution is 0.411. The number of hydrogen-bond donors (Lipinski definition) is 2. The molecular formula is C18H29N3O. The number of nitrogens with zero attached hydrogens (tertiary/aromatic N) is 1. The maximum Gasteiger partial charge on any atom is 0.191 e. The van der Waals surface area contributed by atoms with E-state index >= 15 is 0 Å². The number of rotatable bonds is 8. The van der Waals surface area contributed by atoms with Crippen molar-refractivity contribution in [3.63, 3.8) is 0 Å². The van der Waals surface area contributed by atoms with Crippen LogP contribution < -0.4 is 15.4 Å². The molecule has 0 heterocycles. The van der Waals surface area contributed by atoms with E-state index in [4.69, 9.17) is 4.74 Å². The molecule has 4 heteroatoms. The first-order chi connectivity index (χ1) is 10.7. The van der Waals surface area contributed by atoms with Gasteiger partial charge in [0.05, 0.1) is 7.11 Å². The van der Waals surface area contributed by atoms with Gasteiger partial charge in [0.25, 0.3) is 0 Å². The lowest BCUT2D eigenvalue weighted by Gasteiger charge is -2.12. The van der Waals surface area contributed by atoms with Crippen LogP contribution in [0.3, 0.4) is 0 Å².